The first-order valence-corrected chi connectivity index (χ1v) is 6.63. The summed E-state index contributed by atoms with van der Waals surface area (Å²) < 4.78 is 5.73. The molecule has 2 N–H and O–H groups in total. The quantitative estimate of drug-likeness (QED) is 0.869. The van der Waals surface area contributed by atoms with Crippen LogP contribution in [-0.4, -0.2) is 18.4 Å². The molecule has 1 aromatic rings. The summed E-state index contributed by atoms with van der Waals surface area (Å²) >= 11 is 0. The van der Waals surface area contributed by atoms with Crippen molar-refractivity contribution in [1.29, 1.82) is 0 Å². The van der Waals surface area contributed by atoms with Crippen molar-refractivity contribution in [3.63, 3.8) is 0 Å². The lowest BCUT2D eigenvalue weighted by atomic mass is 9.93. The van der Waals surface area contributed by atoms with Gasteiger partial charge in [-0.2, -0.15) is 0 Å². The fourth-order valence-corrected chi connectivity index (χ4v) is 2.34. The first-order chi connectivity index (χ1) is 8.66. The van der Waals surface area contributed by atoms with Gasteiger partial charge in [0, 0.05) is 18.9 Å². The Morgan fingerprint density at radius 2 is 2.28 bits per heavy atom. The Morgan fingerprint density at radius 1 is 1.50 bits per heavy atom. The van der Waals surface area contributed by atoms with Gasteiger partial charge >= 0.3 is 0 Å². The van der Waals surface area contributed by atoms with E-state index in [0.29, 0.717) is 19.4 Å². The molecule has 1 aliphatic rings. The van der Waals surface area contributed by atoms with E-state index in [-0.39, 0.29) is 17.9 Å². The molecule has 98 valence electrons. The molecule has 0 bridgehead atoms. The van der Waals surface area contributed by atoms with Crippen LogP contribution in [0.1, 0.15) is 43.4 Å². The number of hydrogen-bond donors (Lipinski definition) is 1. The van der Waals surface area contributed by atoms with Crippen LogP contribution in [0.3, 0.4) is 0 Å². The van der Waals surface area contributed by atoms with Gasteiger partial charge in [-0.25, -0.2) is 0 Å². The molecule has 0 aromatic heterocycles. The number of carbonyl (C=O) groups excluding carboxylic acids is 1. The number of benzene rings is 1. The molecule has 18 heavy (non-hydrogen) atoms. The van der Waals surface area contributed by atoms with Gasteiger partial charge in [-0.15, -0.1) is 0 Å². The van der Waals surface area contributed by atoms with Gasteiger partial charge in [-0.3, -0.25) is 4.79 Å². The molecule has 1 heterocycles. The topological polar surface area (TPSA) is 52.3 Å². The molecule has 0 radical (unpaired) electrons. The molecule has 2 unspecified atom stereocenters. The van der Waals surface area contributed by atoms with Crippen molar-refractivity contribution in [2.75, 3.05) is 6.61 Å². The maximum absolute atomic E-state index is 11.9. The number of rotatable bonds is 5. The third-order valence-corrected chi connectivity index (χ3v) is 3.38. The van der Waals surface area contributed by atoms with Crippen molar-refractivity contribution < 1.29 is 9.53 Å². The van der Waals surface area contributed by atoms with E-state index < -0.39 is 0 Å². The van der Waals surface area contributed by atoms with Gasteiger partial charge in [0.15, 0.2) is 0 Å². The number of nitrogens with two attached hydrogens (primary N) is 1. The van der Waals surface area contributed by atoms with E-state index in [1.165, 1.54) is 11.1 Å². The zero-order chi connectivity index (χ0) is 13.0. The normalized spacial score (nSPS) is 20.2. The van der Waals surface area contributed by atoms with Crippen LogP contribution >= 0.6 is 0 Å². The van der Waals surface area contributed by atoms with E-state index in [4.69, 9.17) is 10.5 Å². The highest BCUT2D eigenvalue weighted by molar-refractivity contribution is 5.79. The fourth-order valence-electron chi connectivity index (χ4n) is 2.34. The number of Topliss-reactive ketones (excluding diaryl/α,β-unsaturated/α-hetero) is 1. The molecule has 2 atom stereocenters. The molecule has 0 saturated heterocycles. The van der Waals surface area contributed by atoms with E-state index in [2.05, 4.69) is 12.1 Å². The molecular weight excluding hydrogens is 226 g/mol. The Hall–Kier alpha value is -1.19. The van der Waals surface area contributed by atoms with Crippen molar-refractivity contribution in [3.05, 3.63) is 35.4 Å². The zero-order valence-electron chi connectivity index (χ0n) is 10.9. The van der Waals surface area contributed by atoms with Crippen LogP contribution < -0.4 is 5.73 Å². The van der Waals surface area contributed by atoms with Crippen LogP contribution in [0, 0.1) is 0 Å². The number of ketones is 1. The number of hydrogen-bond acceptors (Lipinski definition) is 3. The van der Waals surface area contributed by atoms with Crippen molar-refractivity contribution in [2.45, 2.75) is 44.8 Å². The van der Waals surface area contributed by atoms with Crippen molar-refractivity contribution in [1.82, 2.24) is 0 Å². The maximum atomic E-state index is 11.9. The van der Waals surface area contributed by atoms with E-state index in [1.54, 1.807) is 0 Å². The molecule has 2 rings (SSSR count). The lowest BCUT2D eigenvalue weighted by Crippen LogP contribution is -2.21. The first-order valence-electron chi connectivity index (χ1n) is 6.63. The largest absolute Gasteiger partial charge is 0.373 e. The minimum absolute atomic E-state index is 0.0597. The fraction of sp³-hybridized carbons (Fsp3) is 0.533. The van der Waals surface area contributed by atoms with E-state index >= 15 is 0 Å². The molecule has 0 amide bonds. The van der Waals surface area contributed by atoms with Gasteiger partial charge in [-0.1, -0.05) is 24.3 Å². The second-order valence-electron chi connectivity index (χ2n) is 5.07. The molecule has 3 heteroatoms. The van der Waals surface area contributed by atoms with Crippen LogP contribution in [0.15, 0.2) is 24.3 Å². The van der Waals surface area contributed by atoms with Gasteiger partial charge in [-0.05, 0) is 30.9 Å². The van der Waals surface area contributed by atoms with Crippen molar-refractivity contribution in [2.24, 2.45) is 5.73 Å². The minimum atomic E-state index is -0.0597. The first kappa shape index (κ1) is 13.2. The third-order valence-electron chi connectivity index (χ3n) is 3.38. The summed E-state index contributed by atoms with van der Waals surface area (Å²) in [6, 6.07) is 8.33. The van der Waals surface area contributed by atoms with E-state index in [9.17, 15) is 4.79 Å². The summed E-state index contributed by atoms with van der Waals surface area (Å²) in [6.07, 6.45) is 2.67. The highest BCUT2D eigenvalue weighted by Gasteiger charge is 2.22. The maximum Gasteiger partial charge on any atom is 0.135 e. The third kappa shape index (κ3) is 3.40. The highest BCUT2D eigenvalue weighted by Crippen LogP contribution is 2.30. The molecule has 3 nitrogen and oxygen atoms in total. The Balaban J connectivity index is 1.96. The lowest BCUT2D eigenvalue weighted by molar-refractivity contribution is -0.122. The standard InChI is InChI=1S/C15H21NO2/c1-11(16)6-7-13(17)10-15-14-5-3-2-4-12(14)8-9-18-15/h2-5,11,15H,6-10,16H2,1H3. The summed E-state index contributed by atoms with van der Waals surface area (Å²) in [4.78, 5) is 11.9. The van der Waals surface area contributed by atoms with Crippen LogP contribution in [0.5, 0.6) is 0 Å². The average molecular weight is 247 g/mol. The number of carbonyl (C=O) groups is 1. The minimum Gasteiger partial charge on any atom is -0.373 e. The second-order valence-corrected chi connectivity index (χ2v) is 5.07. The zero-order valence-corrected chi connectivity index (χ0v) is 10.9. The smallest absolute Gasteiger partial charge is 0.135 e. The summed E-state index contributed by atoms with van der Waals surface area (Å²) in [5.74, 6) is 0.244. The van der Waals surface area contributed by atoms with Crippen LogP contribution in [-0.2, 0) is 16.0 Å². The predicted octanol–water partition coefficient (Wildman–Crippen LogP) is 2.39. The molecule has 0 spiro atoms. The SMILES string of the molecule is CC(N)CCC(=O)CC1OCCc2ccccc21. The highest BCUT2D eigenvalue weighted by atomic mass is 16.5. The summed E-state index contributed by atoms with van der Waals surface area (Å²) in [6.45, 7) is 2.64. The van der Waals surface area contributed by atoms with Crippen molar-refractivity contribution >= 4 is 5.78 Å². The molecule has 0 aliphatic carbocycles. The lowest BCUT2D eigenvalue weighted by Gasteiger charge is -2.25. The van der Waals surface area contributed by atoms with Gasteiger partial charge in [0.25, 0.3) is 0 Å². The number of fused-ring (bicyclic) bond motifs is 1. The van der Waals surface area contributed by atoms with Crippen LogP contribution in [0.2, 0.25) is 0 Å². The van der Waals surface area contributed by atoms with E-state index in [0.717, 1.165) is 12.8 Å². The van der Waals surface area contributed by atoms with Gasteiger partial charge in [0.2, 0.25) is 0 Å². The molecule has 0 saturated carbocycles. The van der Waals surface area contributed by atoms with Crippen LogP contribution in [0.4, 0.5) is 0 Å². The monoisotopic (exact) mass is 247 g/mol. The average Bonchev–Trinajstić information content (AvgIpc) is 2.37. The summed E-state index contributed by atoms with van der Waals surface area (Å²) in [5, 5.41) is 0. The van der Waals surface area contributed by atoms with Gasteiger partial charge in [0.05, 0.1) is 12.7 Å². The second kappa shape index (κ2) is 6.12. The Morgan fingerprint density at radius 3 is 3.06 bits per heavy atom. The molecule has 0 fully saturated rings. The molecular formula is C15H21NO2. The molecule has 1 aromatic carbocycles. The van der Waals surface area contributed by atoms with Crippen LogP contribution in [0.25, 0.3) is 0 Å². The van der Waals surface area contributed by atoms with Crippen molar-refractivity contribution in [3.8, 4) is 0 Å². The van der Waals surface area contributed by atoms with E-state index in [1.807, 2.05) is 19.1 Å². The summed E-state index contributed by atoms with van der Waals surface area (Å²) in [7, 11) is 0. The Labute approximate surface area is 108 Å². The van der Waals surface area contributed by atoms with Gasteiger partial charge < -0.3 is 10.5 Å². The van der Waals surface area contributed by atoms with Gasteiger partial charge in [0.1, 0.15) is 5.78 Å². The number of ether oxygens (including phenoxy) is 1. The molecule has 1 aliphatic heterocycles. The predicted molar refractivity (Wildman–Crippen MR) is 71.3 cm³/mol. The summed E-state index contributed by atoms with van der Waals surface area (Å²) in [5.41, 5.74) is 8.16. The Kier molecular flexibility index (Phi) is 4.50. The Bertz CT molecular complexity index is 415.